The van der Waals surface area contributed by atoms with Crippen molar-refractivity contribution in [2.45, 2.75) is 32.2 Å². The number of piperidine rings is 1. The quantitative estimate of drug-likeness (QED) is 0.724. The Hall–Kier alpha value is -2.53. The average molecular weight is 347 g/mol. The molecule has 0 spiro atoms. The molecule has 3 aromatic rings. The molecule has 0 amide bonds. The summed E-state index contributed by atoms with van der Waals surface area (Å²) in [4.78, 5) is 16.2. The number of likely N-dealkylation sites (tertiary alicyclic amines) is 1. The SMILES string of the molecule is Cc1cc(CN2CCC(c3cncn3C)CC2)nc(-c2ccccc2)n1. The molecule has 0 atom stereocenters. The second kappa shape index (κ2) is 7.38. The van der Waals surface area contributed by atoms with Crippen molar-refractivity contribution in [3.05, 3.63) is 66.0 Å². The molecule has 0 saturated carbocycles. The van der Waals surface area contributed by atoms with Crippen LogP contribution >= 0.6 is 0 Å². The van der Waals surface area contributed by atoms with Gasteiger partial charge in [-0.15, -0.1) is 0 Å². The van der Waals surface area contributed by atoms with Gasteiger partial charge in [0.05, 0.1) is 12.0 Å². The van der Waals surface area contributed by atoms with Gasteiger partial charge >= 0.3 is 0 Å². The zero-order valence-electron chi connectivity index (χ0n) is 15.5. The molecule has 0 unspecified atom stereocenters. The van der Waals surface area contributed by atoms with E-state index in [0.717, 1.165) is 42.4 Å². The lowest BCUT2D eigenvalue weighted by Crippen LogP contribution is -2.33. The van der Waals surface area contributed by atoms with Crippen molar-refractivity contribution in [3.63, 3.8) is 0 Å². The lowest BCUT2D eigenvalue weighted by molar-refractivity contribution is 0.200. The normalized spacial score (nSPS) is 16.1. The summed E-state index contributed by atoms with van der Waals surface area (Å²) >= 11 is 0. The Kier molecular flexibility index (Phi) is 4.80. The number of nitrogens with zero attached hydrogens (tertiary/aromatic N) is 5. The van der Waals surface area contributed by atoms with Crippen LogP contribution in [0.3, 0.4) is 0 Å². The van der Waals surface area contributed by atoms with E-state index in [4.69, 9.17) is 4.98 Å². The summed E-state index contributed by atoms with van der Waals surface area (Å²) in [5.41, 5.74) is 4.57. The highest BCUT2D eigenvalue weighted by Crippen LogP contribution is 2.28. The van der Waals surface area contributed by atoms with Crippen LogP contribution in [0.2, 0.25) is 0 Å². The third kappa shape index (κ3) is 3.68. The van der Waals surface area contributed by atoms with Crippen molar-refractivity contribution in [2.75, 3.05) is 13.1 Å². The number of imidazole rings is 1. The first-order valence-corrected chi connectivity index (χ1v) is 9.27. The first-order chi connectivity index (χ1) is 12.7. The molecule has 0 aliphatic carbocycles. The Morgan fingerprint density at radius 1 is 1.08 bits per heavy atom. The molecular weight excluding hydrogens is 322 g/mol. The summed E-state index contributed by atoms with van der Waals surface area (Å²) in [7, 11) is 2.09. The number of aryl methyl sites for hydroxylation is 2. The van der Waals surface area contributed by atoms with E-state index in [9.17, 15) is 0 Å². The molecule has 5 heteroatoms. The zero-order valence-corrected chi connectivity index (χ0v) is 15.5. The van der Waals surface area contributed by atoms with Crippen molar-refractivity contribution >= 4 is 0 Å². The van der Waals surface area contributed by atoms with Crippen LogP contribution in [0.1, 0.15) is 35.8 Å². The van der Waals surface area contributed by atoms with Gasteiger partial charge < -0.3 is 4.57 Å². The first kappa shape index (κ1) is 16.9. The lowest BCUT2D eigenvalue weighted by Gasteiger charge is -2.31. The summed E-state index contributed by atoms with van der Waals surface area (Å²) in [5.74, 6) is 1.44. The summed E-state index contributed by atoms with van der Waals surface area (Å²) in [6.45, 7) is 5.13. The minimum atomic E-state index is 0.616. The number of hydrogen-bond donors (Lipinski definition) is 0. The molecule has 1 fully saturated rings. The second-order valence-corrected chi connectivity index (χ2v) is 7.17. The van der Waals surface area contributed by atoms with E-state index in [2.05, 4.69) is 44.7 Å². The number of benzene rings is 1. The van der Waals surface area contributed by atoms with Gasteiger partial charge in [-0.05, 0) is 38.9 Å². The van der Waals surface area contributed by atoms with Gasteiger partial charge in [-0.25, -0.2) is 15.0 Å². The van der Waals surface area contributed by atoms with Crippen LogP contribution in [-0.2, 0) is 13.6 Å². The third-order valence-electron chi connectivity index (χ3n) is 5.18. The highest BCUT2D eigenvalue weighted by molar-refractivity contribution is 5.54. The molecule has 2 aromatic heterocycles. The fourth-order valence-corrected chi connectivity index (χ4v) is 3.81. The fourth-order valence-electron chi connectivity index (χ4n) is 3.81. The molecule has 0 bridgehead atoms. The maximum atomic E-state index is 4.81. The Bertz CT molecular complexity index is 863. The van der Waals surface area contributed by atoms with Crippen molar-refractivity contribution < 1.29 is 0 Å². The van der Waals surface area contributed by atoms with Crippen LogP contribution in [0.4, 0.5) is 0 Å². The average Bonchev–Trinajstić information content (AvgIpc) is 3.09. The molecule has 3 heterocycles. The molecule has 1 saturated heterocycles. The second-order valence-electron chi connectivity index (χ2n) is 7.17. The maximum absolute atomic E-state index is 4.81. The Morgan fingerprint density at radius 2 is 1.85 bits per heavy atom. The van der Waals surface area contributed by atoms with Gasteiger partial charge in [0.1, 0.15) is 0 Å². The van der Waals surface area contributed by atoms with E-state index < -0.39 is 0 Å². The molecular formula is C21H25N5. The summed E-state index contributed by atoms with van der Waals surface area (Å²) in [6.07, 6.45) is 6.26. The molecule has 4 rings (SSSR count). The van der Waals surface area contributed by atoms with Gasteiger partial charge in [-0.2, -0.15) is 0 Å². The standard InChI is InChI=1S/C21H25N5/c1-16-12-19(24-21(23-16)18-6-4-3-5-7-18)14-26-10-8-17(9-11-26)20-13-22-15-25(20)2/h3-7,12-13,15,17H,8-11,14H2,1-2H3. The number of aromatic nitrogens is 4. The van der Waals surface area contributed by atoms with Crippen molar-refractivity contribution in [1.29, 1.82) is 0 Å². The van der Waals surface area contributed by atoms with Crippen LogP contribution in [0.25, 0.3) is 11.4 Å². The number of rotatable bonds is 4. The van der Waals surface area contributed by atoms with E-state index in [0.29, 0.717) is 5.92 Å². The largest absolute Gasteiger partial charge is 0.337 e. The number of hydrogen-bond acceptors (Lipinski definition) is 4. The van der Waals surface area contributed by atoms with E-state index >= 15 is 0 Å². The highest BCUT2D eigenvalue weighted by Gasteiger charge is 2.23. The monoisotopic (exact) mass is 347 g/mol. The third-order valence-corrected chi connectivity index (χ3v) is 5.18. The minimum absolute atomic E-state index is 0.616. The van der Waals surface area contributed by atoms with Gasteiger partial charge in [0, 0.05) is 42.7 Å². The predicted octanol–water partition coefficient (Wildman–Crippen LogP) is 3.57. The summed E-state index contributed by atoms with van der Waals surface area (Å²) in [5, 5.41) is 0. The van der Waals surface area contributed by atoms with Crippen LogP contribution in [0.15, 0.2) is 48.9 Å². The van der Waals surface area contributed by atoms with Crippen LogP contribution < -0.4 is 0 Å². The van der Waals surface area contributed by atoms with Crippen LogP contribution in [-0.4, -0.2) is 37.5 Å². The lowest BCUT2D eigenvalue weighted by atomic mass is 9.93. The Morgan fingerprint density at radius 3 is 2.54 bits per heavy atom. The topological polar surface area (TPSA) is 46.8 Å². The maximum Gasteiger partial charge on any atom is 0.159 e. The molecule has 26 heavy (non-hydrogen) atoms. The van der Waals surface area contributed by atoms with E-state index in [1.807, 2.05) is 37.6 Å². The molecule has 0 N–H and O–H groups in total. The van der Waals surface area contributed by atoms with Gasteiger partial charge in [0.2, 0.25) is 0 Å². The fraction of sp³-hybridized carbons (Fsp3) is 0.381. The Labute approximate surface area is 154 Å². The first-order valence-electron chi connectivity index (χ1n) is 9.27. The van der Waals surface area contributed by atoms with Gasteiger partial charge in [0.15, 0.2) is 5.82 Å². The van der Waals surface area contributed by atoms with Crippen LogP contribution in [0, 0.1) is 6.92 Å². The van der Waals surface area contributed by atoms with Crippen molar-refractivity contribution in [1.82, 2.24) is 24.4 Å². The van der Waals surface area contributed by atoms with Crippen molar-refractivity contribution in [2.24, 2.45) is 7.05 Å². The summed E-state index contributed by atoms with van der Waals surface area (Å²) < 4.78 is 2.15. The van der Waals surface area contributed by atoms with Gasteiger partial charge in [0.25, 0.3) is 0 Å². The molecule has 0 radical (unpaired) electrons. The van der Waals surface area contributed by atoms with E-state index in [1.54, 1.807) is 0 Å². The molecule has 1 aliphatic heterocycles. The highest BCUT2D eigenvalue weighted by atomic mass is 15.1. The molecule has 1 aliphatic rings. The van der Waals surface area contributed by atoms with E-state index in [1.165, 1.54) is 18.5 Å². The molecule has 5 nitrogen and oxygen atoms in total. The van der Waals surface area contributed by atoms with Crippen molar-refractivity contribution in [3.8, 4) is 11.4 Å². The summed E-state index contributed by atoms with van der Waals surface area (Å²) in [6, 6.07) is 12.3. The predicted molar refractivity (Wildman–Crippen MR) is 103 cm³/mol. The minimum Gasteiger partial charge on any atom is -0.337 e. The smallest absolute Gasteiger partial charge is 0.159 e. The zero-order chi connectivity index (χ0) is 17.9. The van der Waals surface area contributed by atoms with Gasteiger partial charge in [-0.1, -0.05) is 30.3 Å². The molecule has 1 aromatic carbocycles. The van der Waals surface area contributed by atoms with Gasteiger partial charge in [-0.3, -0.25) is 4.90 Å². The van der Waals surface area contributed by atoms with Crippen LogP contribution in [0.5, 0.6) is 0 Å². The Balaban J connectivity index is 1.44. The van der Waals surface area contributed by atoms with E-state index in [-0.39, 0.29) is 0 Å². The molecule has 134 valence electrons.